The standard InChI is InChI=1S/C8H15NO3.C8H13NO3.C6H13NO.C2H3ClO2/c2*1-12-8(11)9-4-2-7(6-10)3-5-9;8-5-6-1-3-7-4-2-6;1-5-2(3)4/h7,10H,2-6H2,1H3;6-7H,2-5H2,1H3;6-8H,1-5H2;1H3. The molecule has 0 unspecified atom stereocenters. The average Bonchev–Trinajstić information content (AvgIpc) is 2.97. The highest BCUT2D eigenvalue weighted by Crippen LogP contribution is 2.17. The van der Waals surface area contributed by atoms with Crippen LogP contribution in [0.5, 0.6) is 0 Å². The molecule has 216 valence electrons. The number of rotatable bonds is 3. The second kappa shape index (κ2) is 21.9. The maximum absolute atomic E-state index is 11.0. The second-order valence-electron chi connectivity index (χ2n) is 8.83. The summed E-state index contributed by atoms with van der Waals surface area (Å²) in [5.74, 6) is 1.08. The van der Waals surface area contributed by atoms with Gasteiger partial charge in [0, 0.05) is 56.9 Å². The predicted octanol–water partition coefficient (Wildman–Crippen LogP) is 2.09. The molecule has 0 atom stereocenters. The normalized spacial score (nSPS) is 18.4. The minimum Gasteiger partial charge on any atom is -0.457 e. The summed E-state index contributed by atoms with van der Waals surface area (Å²) in [6.07, 6.45) is 6.00. The summed E-state index contributed by atoms with van der Waals surface area (Å²) in [5, 5.41) is 20.7. The van der Waals surface area contributed by atoms with E-state index < -0.39 is 5.43 Å². The fourth-order valence-electron chi connectivity index (χ4n) is 3.84. The van der Waals surface area contributed by atoms with Crippen LogP contribution in [-0.4, -0.2) is 118 Å². The number of carbonyl (C=O) groups is 4. The van der Waals surface area contributed by atoms with Crippen molar-refractivity contribution in [3.8, 4) is 0 Å². The number of hydrogen-bond donors (Lipinski definition) is 3. The summed E-state index contributed by atoms with van der Waals surface area (Å²) in [6, 6.07) is 0. The molecule has 3 heterocycles. The van der Waals surface area contributed by atoms with Crippen LogP contribution in [0.15, 0.2) is 0 Å². The van der Waals surface area contributed by atoms with Gasteiger partial charge in [-0.2, -0.15) is 0 Å². The van der Waals surface area contributed by atoms with Gasteiger partial charge in [-0.25, -0.2) is 14.4 Å². The van der Waals surface area contributed by atoms with Crippen molar-refractivity contribution in [2.24, 2.45) is 17.8 Å². The molecule has 0 spiro atoms. The molecule has 0 aromatic carbocycles. The number of aldehydes is 1. The number of piperidine rings is 3. The molecule has 0 aromatic heterocycles. The SMILES string of the molecule is COC(=O)Cl.COC(=O)N1CCC(C=O)CC1.COC(=O)N1CCC(CO)CC1.OCC1CCNCC1. The molecule has 3 fully saturated rings. The van der Waals surface area contributed by atoms with E-state index in [1.165, 1.54) is 21.3 Å². The number of amides is 2. The van der Waals surface area contributed by atoms with Gasteiger partial charge >= 0.3 is 17.6 Å². The summed E-state index contributed by atoms with van der Waals surface area (Å²) in [5.41, 5.74) is -0.773. The highest BCUT2D eigenvalue weighted by molar-refractivity contribution is 6.61. The predicted molar refractivity (Wildman–Crippen MR) is 137 cm³/mol. The van der Waals surface area contributed by atoms with Crippen LogP contribution in [0.2, 0.25) is 0 Å². The first kappa shape index (κ1) is 34.9. The van der Waals surface area contributed by atoms with Gasteiger partial charge < -0.3 is 44.3 Å². The molecular formula is C24H44ClN3O9. The topological polar surface area (TPSA) is 155 Å². The van der Waals surface area contributed by atoms with Crippen LogP contribution >= 0.6 is 11.6 Å². The van der Waals surface area contributed by atoms with Crippen LogP contribution in [0.4, 0.5) is 14.4 Å². The molecule has 37 heavy (non-hydrogen) atoms. The third-order valence-electron chi connectivity index (χ3n) is 6.35. The number of aliphatic hydroxyl groups is 2. The number of carbonyl (C=O) groups excluding carboxylic acids is 4. The van der Waals surface area contributed by atoms with E-state index in [1.807, 2.05) is 0 Å². The largest absolute Gasteiger partial charge is 0.457 e. The highest BCUT2D eigenvalue weighted by Gasteiger charge is 2.23. The number of methoxy groups -OCH3 is 3. The molecule has 0 radical (unpaired) electrons. The molecule has 0 aromatic rings. The van der Waals surface area contributed by atoms with E-state index in [1.54, 1.807) is 9.80 Å². The lowest BCUT2D eigenvalue weighted by atomic mass is 9.98. The van der Waals surface area contributed by atoms with E-state index in [2.05, 4.69) is 31.1 Å². The lowest BCUT2D eigenvalue weighted by Gasteiger charge is -2.29. The molecule has 13 heteroatoms. The molecule has 12 nitrogen and oxygen atoms in total. The van der Waals surface area contributed by atoms with Crippen molar-refractivity contribution < 1.29 is 43.6 Å². The average molecular weight is 554 g/mol. The first-order valence-corrected chi connectivity index (χ1v) is 12.9. The fourth-order valence-corrected chi connectivity index (χ4v) is 3.84. The Morgan fingerprint density at radius 2 is 1.16 bits per heavy atom. The summed E-state index contributed by atoms with van der Waals surface area (Å²) >= 11 is 4.60. The van der Waals surface area contributed by atoms with Crippen LogP contribution in [0.1, 0.15) is 38.5 Å². The maximum atomic E-state index is 11.0. The van der Waals surface area contributed by atoms with E-state index in [9.17, 15) is 19.2 Å². The summed E-state index contributed by atoms with van der Waals surface area (Å²) in [7, 11) is 3.98. The van der Waals surface area contributed by atoms with Gasteiger partial charge in [0.1, 0.15) is 6.29 Å². The molecule has 0 bridgehead atoms. The van der Waals surface area contributed by atoms with Crippen molar-refractivity contribution in [2.75, 3.05) is 73.8 Å². The Morgan fingerprint density at radius 3 is 1.46 bits per heavy atom. The lowest BCUT2D eigenvalue weighted by molar-refractivity contribution is -0.112. The molecule has 3 rings (SSSR count). The number of aliphatic hydroxyl groups excluding tert-OH is 2. The van der Waals surface area contributed by atoms with Crippen molar-refractivity contribution in [3.63, 3.8) is 0 Å². The Bertz CT molecular complexity index is 635. The Balaban J connectivity index is 0.000000490. The van der Waals surface area contributed by atoms with E-state index >= 15 is 0 Å². The van der Waals surface area contributed by atoms with Crippen LogP contribution < -0.4 is 5.32 Å². The molecular weight excluding hydrogens is 510 g/mol. The van der Waals surface area contributed by atoms with Gasteiger partial charge in [-0.1, -0.05) is 0 Å². The molecule has 3 N–H and O–H groups in total. The molecule has 3 aliphatic heterocycles. The van der Waals surface area contributed by atoms with E-state index in [-0.39, 0.29) is 24.7 Å². The zero-order valence-corrected chi connectivity index (χ0v) is 23.0. The number of nitrogens with one attached hydrogen (secondary N) is 1. The van der Waals surface area contributed by atoms with Crippen LogP contribution in [0, 0.1) is 17.8 Å². The first-order valence-electron chi connectivity index (χ1n) is 12.5. The van der Waals surface area contributed by atoms with Crippen molar-refractivity contribution in [3.05, 3.63) is 0 Å². The van der Waals surface area contributed by atoms with Gasteiger partial charge in [0.2, 0.25) is 0 Å². The number of nitrogens with zero attached hydrogens (tertiary/aromatic N) is 2. The molecule has 3 aliphatic rings. The van der Waals surface area contributed by atoms with E-state index in [0.717, 1.165) is 57.9 Å². The monoisotopic (exact) mass is 553 g/mol. The lowest BCUT2D eigenvalue weighted by Crippen LogP contribution is -2.39. The minimum atomic E-state index is -0.773. The summed E-state index contributed by atoms with van der Waals surface area (Å²) in [4.78, 5) is 45.0. The Hall–Kier alpha value is -2.15. The van der Waals surface area contributed by atoms with Crippen molar-refractivity contribution in [1.82, 2.24) is 15.1 Å². The Labute approximate surface area is 224 Å². The van der Waals surface area contributed by atoms with E-state index in [0.29, 0.717) is 44.6 Å². The molecule has 0 aliphatic carbocycles. The number of ether oxygens (including phenoxy) is 3. The third kappa shape index (κ3) is 16.3. The number of halogens is 1. The number of likely N-dealkylation sites (tertiary alicyclic amines) is 2. The Morgan fingerprint density at radius 1 is 0.784 bits per heavy atom. The quantitative estimate of drug-likeness (QED) is 0.269. The maximum Gasteiger partial charge on any atom is 0.409 e. The minimum absolute atomic E-state index is 0.130. The van der Waals surface area contributed by atoms with Gasteiger partial charge in [0.05, 0.1) is 21.3 Å². The zero-order chi connectivity index (χ0) is 28.1. The van der Waals surface area contributed by atoms with Crippen molar-refractivity contribution in [1.29, 1.82) is 0 Å². The van der Waals surface area contributed by atoms with E-state index in [4.69, 9.17) is 10.2 Å². The first-order chi connectivity index (χ1) is 17.8. The zero-order valence-electron chi connectivity index (χ0n) is 22.2. The van der Waals surface area contributed by atoms with Gasteiger partial charge in [0.25, 0.3) is 0 Å². The van der Waals surface area contributed by atoms with Crippen molar-refractivity contribution >= 4 is 35.5 Å². The second-order valence-corrected chi connectivity index (χ2v) is 9.14. The van der Waals surface area contributed by atoms with Crippen molar-refractivity contribution in [2.45, 2.75) is 38.5 Å². The van der Waals surface area contributed by atoms with Gasteiger partial charge in [0.15, 0.2) is 0 Å². The van der Waals surface area contributed by atoms with Crippen LogP contribution in [0.25, 0.3) is 0 Å². The van der Waals surface area contributed by atoms with Crippen LogP contribution in [-0.2, 0) is 19.0 Å². The molecule has 3 saturated heterocycles. The van der Waals surface area contributed by atoms with Crippen LogP contribution in [0.3, 0.4) is 0 Å². The van der Waals surface area contributed by atoms with Gasteiger partial charge in [-0.05, 0) is 63.5 Å². The molecule has 2 amide bonds. The van der Waals surface area contributed by atoms with Gasteiger partial charge in [-0.15, -0.1) is 0 Å². The third-order valence-corrected chi connectivity index (χ3v) is 6.50. The summed E-state index contributed by atoms with van der Waals surface area (Å²) in [6.45, 7) is 5.47. The smallest absolute Gasteiger partial charge is 0.409 e. The Kier molecular flexibility index (Phi) is 20.6. The fraction of sp³-hybridized carbons (Fsp3) is 0.833. The number of hydrogen-bond acceptors (Lipinski definition) is 10. The highest BCUT2D eigenvalue weighted by atomic mass is 35.5. The molecule has 0 saturated carbocycles. The summed E-state index contributed by atoms with van der Waals surface area (Å²) < 4.78 is 13.0. The van der Waals surface area contributed by atoms with Gasteiger partial charge in [-0.3, -0.25) is 0 Å².